The van der Waals surface area contributed by atoms with Crippen molar-refractivity contribution in [1.82, 2.24) is 0 Å². The standard InChI is InChI=1S/C13H8F5NO2/c1-2-3-6-12(13(16,17)18)9-8(19-11(20)21-12)5-4-7(14)10(9)15/h4-5H,2H2,1H3,(H,19,20). The molecule has 1 aromatic carbocycles. The second-order valence-electron chi connectivity index (χ2n) is 4.13. The van der Waals surface area contributed by atoms with Crippen LogP contribution in [0.2, 0.25) is 0 Å². The fourth-order valence-electron chi connectivity index (χ4n) is 1.90. The summed E-state index contributed by atoms with van der Waals surface area (Å²) >= 11 is 0. The predicted molar refractivity (Wildman–Crippen MR) is 62.3 cm³/mol. The Kier molecular flexibility index (Phi) is 3.53. The maximum Gasteiger partial charge on any atom is 0.445 e. The molecule has 21 heavy (non-hydrogen) atoms. The molecular formula is C13H8F5NO2. The molecule has 1 unspecified atom stereocenters. The molecule has 1 aliphatic heterocycles. The SMILES string of the molecule is CCC#CC1(C(F)(F)F)OC(=O)Nc2ccc(F)c(F)c21. The highest BCUT2D eigenvalue weighted by Crippen LogP contribution is 2.48. The summed E-state index contributed by atoms with van der Waals surface area (Å²) in [6.45, 7) is 1.46. The fraction of sp³-hybridized carbons (Fsp3) is 0.308. The Morgan fingerprint density at radius 3 is 2.57 bits per heavy atom. The highest BCUT2D eigenvalue weighted by Gasteiger charge is 2.63. The summed E-state index contributed by atoms with van der Waals surface area (Å²) in [5.74, 6) is 0.556. The number of alkyl halides is 3. The summed E-state index contributed by atoms with van der Waals surface area (Å²) < 4.78 is 71.6. The summed E-state index contributed by atoms with van der Waals surface area (Å²) in [5, 5.41) is 1.90. The highest BCUT2D eigenvalue weighted by molar-refractivity contribution is 5.89. The molecule has 1 aromatic rings. The van der Waals surface area contributed by atoms with Crippen molar-refractivity contribution in [3.05, 3.63) is 29.3 Å². The average Bonchev–Trinajstić information content (AvgIpc) is 2.38. The number of fused-ring (bicyclic) bond motifs is 1. The molecule has 1 heterocycles. The third-order valence-electron chi connectivity index (χ3n) is 2.77. The van der Waals surface area contributed by atoms with Crippen LogP contribution in [0.1, 0.15) is 18.9 Å². The lowest BCUT2D eigenvalue weighted by Crippen LogP contribution is -2.50. The fourth-order valence-corrected chi connectivity index (χ4v) is 1.90. The quantitative estimate of drug-likeness (QED) is 0.586. The van der Waals surface area contributed by atoms with Gasteiger partial charge in [0.15, 0.2) is 11.6 Å². The highest BCUT2D eigenvalue weighted by atomic mass is 19.4. The molecule has 0 radical (unpaired) electrons. The molecule has 1 N–H and O–H groups in total. The van der Waals surface area contributed by atoms with Crippen LogP contribution in [0.3, 0.4) is 0 Å². The smallest absolute Gasteiger partial charge is 0.415 e. The Hall–Kier alpha value is -2.30. The summed E-state index contributed by atoms with van der Waals surface area (Å²) in [6, 6.07) is 1.43. The summed E-state index contributed by atoms with van der Waals surface area (Å²) in [5.41, 5.74) is -5.25. The van der Waals surface area contributed by atoms with Gasteiger partial charge in [-0.25, -0.2) is 13.6 Å². The number of nitrogens with one attached hydrogen (secondary N) is 1. The number of hydrogen-bond donors (Lipinski definition) is 1. The largest absolute Gasteiger partial charge is 0.445 e. The van der Waals surface area contributed by atoms with E-state index in [-0.39, 0.29) is 6.42 Å². The number of ether oxygens (including phenoxy) is 1. The second kappa shape index (κ2) is 4.91. The number of carbonyl (C=O) groups excluding carboxylic acids is 1. The number of halogens is 5. The van der Waals surface area contributed by atoms with Crippen molar-refractivity contribution >= 4 is 11.8 Å². The lowest BCUT2D eigenvalue weighted by Gasteiger charge is -2.35. The summed E-state index contributed by atoms with van der Waals surface area (Å²) in [4.78, 5) is 11.3. The molecule has 2 rings (SSSR count). The molecule has 112 valence electrons. The van der Waals surface area contributed by atoms with Gasteiger partial charge in [0, 0.05) is 6.42 Å². The van der Waals surface area contributed by atoms with E-state index in [0.717, 1.165) is 6.07 Å². The van der Waals surface area contributed by atoms with Gasteiger partial charge in [-0.2, -0.15) is 13.2 Å². The number of anilines is 1. The van der Waals surface area contributed by atoms with E-state index in [1.54, 1.807) is 5.92 Å². The Labute approximate surface area is 116 Å². The first-order chi connectivity index (χ1) is 9.73. The third kappa shape index (κ3) is 2.28. The lowest BCUT2D eigenvalue weighted by atomic mass is 9.89. The first-order valence-corrected chi connectivity index (χ1v) is 5.78. The van der Waals surface area contributed by atoms with Gasteiger partial charge in [-0.3, -0.25) is 5.32 Å². The first kappa shape index (κ1) is 15.1. The third-order valence-corrected chi connectivity index (χ3v) is 2.77. The Morgan fingerprint density at radius 1 is 1.33 bits per heavy atom. The van der Waals surface area contributed by atoms with Gasteiger partial charge >= 0.3 is 12.3 Å². The number of amides is 1. The molecule has 0 spiro atoms. The zero-order valence-electron chi connectivity index (χ0n) is 10.6. The van der Waals surface area contributed by atoms with Gasteiger partial charge in [-0.15, -0.1) is 0 Å². The molecule has 0 aliphatic carbocycles. The van der Waals surface area contributed by atoms with E-state index >= 15 is 0 Å². The number of carbonyl (C=O) groups is 1. The molecule has 0 saturated carbocycles. The number of rotatable bonds is 0. The van der Waals surface area contributed by atoms with E-state index < -0.39 is 40.8 Å². The molecule has 1 aliphatic rings. The van der Waals surface area contributed by atoms with Gasteiger partial charge in [-0.1, -0.05) is 12.8 Å². The van der Waals surface area contributed by atoms with Gasteiger partial charge in [0.25, 0.3) is 5.60 Å². The van der Waals surface area contributed by atoms with E-state index in [0.29, 0.717) is 6.07 Å². The number of hydrogen-bond acceptors (Lipinski definition) is 2. The van der Waals surface area contributed by atoms with Crippen LogP contribution in [0, 0.1) is 23.5 Å². The van der Waals surface area contributed by atoms with Crippen molar-refractivity contribution in [3.63, 3.8) is 0 Å². The first-order valence-electron chi connectivity index (χ1n) is 5.78. The molecule has 1 amide bonds. The molecule has 0 bridgehead atoms. The van der Waals surface area contributed by atoms with Crippen molar-refractivity contribution in [2.45, 2.75) is 25.1 Å². The van der Waals surface area contributed by atoms with E-state index in [4.69, 9.17) is 0 Å². The Bertz CT molecular complexity index is 659. The summed E-state index contributed by atoms with van der Waals surface area (Å²) in [7, 11) is 0. The minimum Gasteiger partial charge on any atom is -0.415 e. The number of benzene rings is 1. The molecule has 0 aromatic heterocycles. The van der Waals surface area contributed by atoms with Gasteiger partial charge < -0.3 is 4.74 Å². The van der Waals surface area contributed by atoms with Crippen LogP contribution in [-0.4, -0.2) is 12.3 Å². The van der Waals surface area contributed by atoms with Crippen molar-refractivity contribution in [2.24, 2.45) is 0 Å². The molecule has 3 nitrogen and oxygen atoms in total. The summed E-state index contributed by atoms with van der Waals surface area (Å²) in [6.07, 6.45) is -6.68. The van der Waals surface area contributed by atoms with Crippen LogP contribution in [0.5, 0.6) is 0 Å². The van der Waals surface area contributed by atoms with Gasteiger partial charge in [0.05, 0.1) is 11.3 Å². The molecule has 0 saturated heterocycles. The van der Waals surface area contributed by atoms with Gasteiger partial charge in [0.2, 0.25) is 0 Å². The molecule has 1 atom stereocenters. The minimum atomic E-state index is -5.24. The van der Waals surface area contributed by atoms with E-state index in [1.807, 2.05) is 5.32 Å². The number of cyclic esters (lactones) is 1. The van der Waals surface area contributed by atoms with Crippen LogP contribution in [-0.2, 0) is 10.3 Å². The second-order valence-corrected chi connectivity index (χ2v) is 4.13. The van der Waals surface area contributed by atoms with Crippen LogP contribution in [0.15, 0.2) is 12.1 Å². The monoisotopic (exact) mass is 305 g/mol. The normalized spacial score (nSPS) is 20.8. The molecule has 0 fully saturated rings. The Morgan fingerprint density at radius 2 is 2.00 bits per heavy atom. The average molecular weight is 305 g/mol. The molecular weight excluding hydrogens is 297 g/mol. The zero-order valence-corrected chi connectivity index (χ0v) is 10.6. The van der Waals surface area contributed by atoms with Crippen molar-refractivity contribution in [1.29, 1.82) is 0 Å². The van der Waals surface area contributed by atoms with E-state index in [1.165, 1.54) is 6.92 Å². The molecule has 8 heteroatoms. The van der Waals surface area contributed by atoms with Crippen molar-refractivity contribution < 1.29 is 31.5 Å². The van der Waals surface area contributed by atoms with Crippen LogP contribution in [0.4, 0.5) is 32.4 Å². The topological polar surface area (TPSA) is 38.3 Å². The van der Waals surface area contributed by atoms with Crippen LogP contribution in [0.25, 0.3) is 0 Å². The van der Waals surface area contributed by atoms with Gasteiger partial charge in [0.1, 0.15) is 0 Å². The van der Waals surface area contributed by atoms with E-state index in [2.05, 4.69) is 10.7 Å². The maximum absolute atomic E-state index is 13.9. The zero-order chi connectivity index (χ0) is 15.8. The van der Waals surface area contributed by atoms with Gasteiger partial charge in [-0.05, 0) is 18.1 Å². The Balaban J connectivity index is 2.85. The maximum atomic E-state index is 13.9. The predicted octanol–water partition coefficient (Wildman–Crippen LogP) is 3.70. The van der Waals surface area contributed by atoms with Crippen molar-refractivity contribution in [3.8, 4) is 11.8 Å². The minimum absolute atomic E-state index is 0.00901. The van der Waals surface area contributed by atoms with Crippen LogP contribution < -0.4 is 5.32 Å². The van der Waals surface area contributed by atoms with Crippen LogP contribution >= 0.6 is 0 Å². The lowest BCUT2D eigenvalue weighted by molar-refractivity contribution is -0.240. The van der Waals surface area contributed by atoms with Crippen molar-refractivity contribution in [2.75, 3.05) is 5.32 Å². The van der Waals surface area contributed by atoms with E-state index in [9.17, 15) is 26.7 Å².